The minimum atomic E-state index is -0.929. The van der Waals surface area contributed by atoms with Gasteiger partial charge in [0.05, 0.1) is 29.9 Å². The Morgan fingerprint density at radius 2 is 1.91 bits per heavy atom. The lowest BCUT2D eigenvalue weighted by atomic mass is 10.1. The molecule has 1 aromatic carbocycles. The van der Waals surface area contributed by atoms with Gasteiger partial charge in [0, 0.05) is 19.3 Å². The van der Waals surface area contributed by atoms with Crippen LogP contribution in [0.4, 0.5) is 14.6 Å². The third kappa shape index (κ3) is 3.14. The van der Waals surface area contributed by atoms with Gasteiger partial charge in [-0.05, 0) is 18.2 Å². The van der Waals surface area contributed by atoms with E-state index in [0.29, 0.717) is 26.3 Å². The highest BCUT2D eigenvalue weighted by Crippen LogP contribution is 2.31. The van der Waals surface area contributed by atoms with Crippen LogP contribution in [0.2, 0.25) is 0 Å². The standard InChI is InChI=1S/C21H17F2N5O4/c22-13-2-1-3-14(23)18(13)28-9-12(17-16(21(28)30)19(24)26-25-17)15-8-11(10-32-15)20(29)27-4-6-31-7-5-27/h1-3,8-10H,4-7H2,(H3,24,25,26). The van der Waals surface area contributed by atoms with Crippen molar-refractivity contribution in [1.29, 1.82) is 0 Å². The zero-order valence-corrected chi connectivity index (χ0v) is 16.6. The van der Waals surface area contributed by atoms with Crippen LogP contribution in [0, 0.1) is 11.6 Å². The van der Waals surface area contributed by atoms with Gasteiger partial charge in [0.25, 0.3) is 11.5 Å². The van der Waals surface area contributed by atoms with Crippen molar-refractivity contribution in [3.63, 3.8) is 0 Å². The number of carbonyl (C=O) groups excluding carboxylic acids is 1. The van der Waals surface area contributed by atoms with Crippen LogP contribution in [0.25, 0.3) is 27.9 Å². The number of benzene rings is 1. The summed E-state index contributed by atoms with van der Waals surface area (Å²) in [6.45, 7) is 1.81. The van der Waals surface area contributed by atoms with Crippen LogP contribution in [0.3, 0.4) is 0 Å². The smallest absolute Gasteiger partial charge is 0.268 e. The number of ether oxygens (including phenoxy) is 1. The first-order chi connectivity index (χ1) is 15.5. The number of nitrogens with zero attached hydrogens (tertiary/aromatic N) is 3. The summed E-state index contributed by atoms with van der Waals surface area (Å²) in [5.74, 6) is -2.03. The van der Waals surface area contributed by atoms with Gasteiger partial charge in [-0.15, -0.1) is 0 Å². The summed E-state index contributed by atoms with van der Waals surface area (Å²) in [6.07, 6.45) is 2.52. The average molecular weight is 441 g/mol. The lowest BCUT2D eigenvalue weighted by molar-refractivity contribution is 0.0302. The van der Waals surface area contributed by atoms with Crippen LogP contribution in [-0.2, 0) is 4.74 Å². The summed E-state index contributed by atoms with van der Waals surface area (Å²) in [4.78, 5) is 27.4. The van der Waals surface area contributed by atoms with Gasteiger partial charge < -0.3 is 19.8 Å². The molecule has 1 amide bonds. The minimum Gasteiger partial charge on any atom is -0.463 e. The first kappa shape index (κ1) is 19.9. The van der Waals surface area contributed by atoms with Gasteiger partial charge in [0.15, 0.2) is 5.82 Å². The Morgan fingerprint density at radius 3 is 2.62 bits per heavy atom. The molecular formula is C21H17F2N5O4. The van der Waals surface area contributed by atoms with Gasteiger partial charge in [0.1, 0.15) is 34.7 Å². The van der Waals surface area contributed by atoms with Crippen molar-refractivity contribution in [1.82, 2.24) is 19.7 Å². The first-order valence-corrected chi connectivity index (χ1v) is 9.75. The number of halogens is 2. The molecule has 0 bridgehead atoms. The van der Waals surface area contributed by atoms with E-state index in [1.54, 1.807) is 4.90 Å². The number of anilines is 1. The molecule has 0 unspecified atom stereocenters. The van der Waals surface area contributed by atoms with Crippen LogP contribution in [0.15, 0.2) is 45.9 Å². The molecule has 3 N–H and O–H groups in total. The zero-order valence-electron chi connectivity index (χ0n) is 16.6. The maximum absolute atomic E-state index is 14.5. The summed E-state index contributed by atoms with van der Waals surface area (Å²) in [6, 6.07) is 4.77. The number of aromatic amines is 1. The van der Waals surface area contributed by atoms with E-state index in [2.05, 4.69) is 10.2 Å². The van der Waals surface area contributed by atoms with Crippen molar-refractivity contribution in [2.24, 2.45) is 0 Å². The Balaban J connectivity index is 1.67. The fourth-order valence-electron chi connectivity index (χ4n) is 3.75. The number of carbonyl (C=O) groups is 1. The Kier molecular flexibility index (Phi) is 4.74. The Hall–Kier alpha value is -3.99. The zero-order chi connectivity index (χ0) is 22.4. The lowest BCUT2D eigenvalue weighted by Crippen LogP contribution is -2.40. The molecule has 1 fully saturated rings. The maximum atomic E-state index is 14.5. The highest BCUT2D eigenvalue weighted by Gasteiger charge is 2.24. The molecule has 0 aliphatic carbocycles. The minimum absolute atomic E-state index is 0.0531. The number of hydrogen-bond acceptors (Lipinski definition) is 6. The number of aromatic nitrogens is 3. The molecule has 9 nitrogen and oxygen atoms in total. The Bertz CT molecular complexity index is 1380. The fourth-order valence-corrected chi connectivity index (χ4v) is 3.75. The second-order valence-electron chi connectivity index (χ2n) is 7.25. The fraction of sp³-hybridized carbons (Fsp3) is 0.190. The molecule has 4 aromatic rings. The van der Waals surface area contributed by atoms with Crippen LogP contribution in [-0.4, -0.2) is 51.9 Å². The molecule has 0 radical (unpaired) electrons. The number of para-hydroxylation sites is 1. The highest BCUT2D eigenvalue weighted by atomic mass is 19.1. The van der Waals surface area contributed by atoms with Crippen LogP contribution >= 0.6 is 0 Å². The Labute approximate surface area is 179 Å². The van der Waals surface area contributed by atoms with Crippen LogP contribution in [0.5, 0.6) is 0 Å². The molecule has 3 aromatic heterocycles. The summed E-state index contributed by atoms with van der Waals surface area (Å²) in [7, 11) is 0. The van der Waals surface area contributed by atoms with Crippen molar-refractivity contribution in [2.75, 3.05) is 32.0 Å². The lowest BCUT2D eigenvalue weighted by Gasteiger charge is -2.26. The van der Waals surface area contributed by atoms with Crippen molar-refractivity contribution in [3.8, 4) is 17.0 Å². The van der Waals surface area contributed by atoms with Gasteiger partial charge in [0.2, 0.25) is 0 Å². The van der Waals surface area contributed by atoms with Gasteiger partial charge >= 0.3 is 0 Å². The molecule has 164 valence electrons. The predicted octanol–water partition coefficient (Wildman–Crippen LogP) is 2.31. The van der Waals surface area contributed by atoms with Crippen LogP contribution < -0.4 is 11.3 Å². The Morgan fingerprint density at radius 1 is 1.19 bits per heavy atom. The van der Waals surface area contributed by atoms with E-state index in [9.17, 15) is 18.4 Å². The number of amides is 1. The monoisotopic (exact) mass is 441 g/mol. The molecule has 0 spiro atoms. The second kappa shape index (κ2) is 7.61. The molecule has 4 heterocycles. The summed E-state index contributed by atoms with van der Waals surface area (Å²) in [5.41, 5.74) is 5.31. The SMILES string of the molecule is Nc1n[nH]c2c(-c3cc(C(=O)N4CCOCC4)co3)cn(-c3c(F)cccc3F)c(=O)c12. The molecule has 1 aliphatic rings. The number of H-pyrrole nitrogens is 1. The maximum Gasteiger partial charge on any atom is 0.268 e. The van der Waals surface area contributed by atoms with Crippen molar-refractivity contribution in [2.45, 2.75) is 0 Å². The van der Waals surface area contributed by atoms with E-state index >= 15 is 0 Å². The third-order valence-corrected chi connectivity index (χ3v) is 5.34. The first-order valence-electron chi connectivity index (χ1n) is 9.75. The quantitative estimate of drug-likeness (QED) is 0.504. The summed E-state index contributed by atoms with van der Waals surface area (Å²) in [5, 5.41) is 6.46. The van der Waals surface area contributed by atoms with E-state index in [4.69, 9.17) is 14.9 Å². The number of hydrogen-bond donors (Lipinski definition) is 2. The van der Waals surface area contributed by atoms with E-state index in [0.717, 1.165) is 16.7 Å². The van der Waals surface area contributed by atoms with Crippen molar-refractivity contribution < 1.29 is 22.7 Å². The molecule has 1 saturated heterocycles. The van der Waals surface area contributed by atoms with Gasteiger partial charge in [-0.25, -0.2) is 8.78 Å². The third-order valence-electron chi connectivity index (χ3n) is 5.34. The van der Waals surface area contributed by atoms with Crippen LogP contribution in [0.1, 0.15) is 10.4 Å². The molecule has 0 saturated carbocycles. The predicted molar refractivity (Wildman–Crippen MR) is 110 cm³/mol. The molecule has 32 heavy (non-hydrogen) atoms. The number of rotatable bonds is 3. The number of nitrogens with two attached hydrogens (primary N) is 1. The van der Waals surface area contributed by atoms with Gasteiger partial charge in [-0.1, -0.05) is 6.07 Å². The average Bonchev–Trinajstić information content (AvgIpc) is 3.43. The number of morpholine rings is 1. The van der Waals surface area contributed by atoms with Crippen molar-refractivity contribution in [3.05, 3.63) is 64.3 Å². The van der Waals surface area contributed by atoms with E-state index in [-0.39, 0.29) is 39.5 Å². The molecule has 0 atom stereocenters. The van der Waals surface area contributed by atoms with Gasteiger partial charge in [-0.3, -0.25) is 19.3 Å². The van der Waals surface area contributed by atoms with E-state index in [1.807, 2.05) is 0 Å². The number of nitrogens with one attached hydrogen (secondary N) is 1. The topological polar surface area (TPSA) is 119 Å². The summed E-state index contributed by atoms with van der Waals surface area (Å²) >= 11 is 0. The number of nitrogen functional groups attached to an aromatic ring is 1. The normalized spacial score (nSPS) is 14.2. The molecule has 1 aliphatic heterocycles. The second-order valence-corrected chi connectivity index (χ2v) is 7.25. The number of fused-ring (bicyclic) bond motifs is 1. The van der Waals surface area contributed by atoms with E-state index < -0.39 is 22.9 Å². The highest BCUT2D eigenvalue weighted by molar-refractivity contribution is 5.99. The van der Waals surface area contributed by atoms with E-state index in [1.165, 1.54) is 24.6 Å². The number of furan rings is 1. The largest absolute Gasteiger partial charge is 0.463 e. The summed E-state index contributed by atoms with van der Waals surface area (Å²) < 4.78 is 40.6. The molecule has 11 heteroatoms. The molecular weight excluding hydrogens is 424 g/mol. The number of pyridine rings is 1. The molecule has 5 rings (SSSR count). The van der Waals surface area contributed by atoms with Gasteiger partial charge in [-0.2, -0.15) is 5.10 Å². The van der Waals surface area contributed by atoms with Crippen molar-refractivity contribution >= 4 is 22.6 Å².